The van der Waals surface area contributed by atoms with Crippen LogP contribution in [-0.4, -0.2) is 51.6 Å². The summed E-state index contributed by atoms with van der Waals surface area (Å²) in [6, 6.07) is 23.6. The third-order valence-electron chi connectivity index (χ3n) is 8.27. The Bertz CT molecular complexity index is 1500. The van der Waals surface area contributed by atoms with E-state index in [1.807, 2.05) is 49.4 Å². The number of allylic oxidation sites excluding steroid dienone is 1. The number of phenolic OH excluding ortho intramolecular Hbond substituents is 1. The van der Waals surface area contributed by atoms with E-state index in [1.165, 1.54) is 4.90 Å². The van der Waals surface area contributed by atoms with E-state index in [2.05, 4.69) is 5.32 Å². The summed E-state index contributed by atoms with van der Waals surface area (Å²) >= 11 is 0. The lowest BCUT2D eigenvalue weighted by Gasteiger charge is -2.36. The number of amides is 2. The molecule has 2 aliphatic rings. The molecule has 42 heavy (non-hydrogen) atoms. The van der Waals surface area contributed by atoms with Crippen LogP contribution in [0.4, 0.5) is 17.1 Å². The Balaban J connectivity index is 1.33. The number of carbonyl (C=O) groups excluding carboxylic acids is 2. The number of anilines is 3. The predicted molar refractivity (Wildman–Crippen MR) is 162 cm³/mol. The zero-order valence-corrected chi connectivity index (χ0v) is 23.5. The first-order valence-corrected chi connectivity index (χ1v) is 14.2. The van der Waals surface area contributed by atoms with Crippen molar-refractivity contribution in [2.75, 3.05) is 23.4 Å². The number of aliphatic hydroxyl groups is 3. The van der Waals surface area contributed by atoms with Gasteiger partial charge in [0, 0.05) is 22.9 Å². The van der Waals surface area contributed by atoms with Crippen molar-refractivity contribution in [1.29, 1.82) is 0 Å². The van der Waals surface area contributed by atoms with Gasteiger partial charge in [-0.1, -0.05) is 48.0 Å². The standard InChI is InChI=1S/C34H36N2O6/c1-21(17-22-7-5-6-10-29(22)39)11-16-30(40)31-23(19-37)18-27-32(28(31)20-38)34(42)36(33(27)41)26-14-12-25(13-15-26)35-24-8-3-2-4-9-24/h2-10,12-15,17,27-28,30,32,35,37-40H,11,16,18-20H2,1H3/b21-17+/t27-,28+,30-,32-/m1/s1. The highest BCUT2D eigenvalue weighted by Crippen LogP contribution is 2.47. The van der Waals surface area contributed by atoms with Gasteiger partial charge in [0.2, 0.25) is 11.8 Å². The maximum atomic E-state index is 13.7. The van der Waals surface area contributed by atoms with Gasteiger partial charge in [-0.3, -0.25) is 14.5 Å². The Hall–Kier alpha value is -4.24. The number of para-hydroxylation sites is 2. The molecule has 2 amide bonds. The predicted octanol–water partition coefficient (Wildman–Crippen LogP) is 4.79. The maximum absolute atomic E-state index is 13.7. The fourth-order valence-corrected chi connectivity index (χ4v) is 6.21. The van der Waals surface area contributed by atoms with Crippen molar-refractivity contribution in [3.8, 4) is 5.75 Å². The summed E-state index contributed by atoms with van der Waals surface area (Å²) in [5, 5.41) is 45.3. The second kappa shape index (κ2) is 12.7. The fraction of sp³-hybridized carbons (Fsp3) is 0.294. The van der Waals surface area contributed by atoms with Crippen LogP contribution in [0.5, 0.6) is 5.75 Å². The quantitative estimate of drug-likeness (QED) is 0.176. The zero-order chi connectivity index (χ0) is 29.8. The molecule has 0 aromatic heterocycles. The first-order valence-electron chi connectivity index (χ1n) is 14.2. The molecule has 1 heterocycles. The molecule has 1 aliphatic heterocycles. The van der Waals surface area contributed by atoms with E-state index in [4.69, 9.17) is 0 Å². The number of nitrogens with zero attached hydrogens (tertiary/aromatic N) is 1. The Kier molecular flexibility index (Phi) is 8.87. The Labute approximate surface area is 245 Å². The highest BCUT2D eigenvalue weighted by atomic mass is 16.3. The number of aromatic hydroxyl groups is 1. The van der Waals surface area contributed by atoms with Gasteiger partial charge in [0.15, 0.2) is 0 Å². The van der Waals surface area contributed by atoms with Gasteiger partial charge < -0.3 is 25.7 Å². The van der Waals surface area contributed by atoms with E-state index in [1.54, 1.807) is 42.5 Å². The topological polar surface area (TPSA) is 130 Å². The molecule has 1 saturated heterocycles. The summed E-state index contributed by atoms with van der Waals surface area (Å²) in [7, 11) is 0. The van der Waals surface area contributed by atoms with Gasteiger partial charge in [-0.05, 0) is 79.8 Å². The Morgan fingerprint density at radius 1 is 0.952 bits per heavy atom. The fourth-order valence-electron chi connectivity index (χ4n) is 6.21. The van der Waals surface area contributed by atoms with Crippen LogP contribution in [0, 0.1) is 17.8 Å². The highest BCUT2D eigenvalue weighted by molar-refractivity contribution is 6.22. The SMILES string of the molecule is C/C(=C\c1ccccc1O)CC[C@@H](O)C1=C(CO)C[C@H]2C(=O)N(c3ccc(Nc4ccccc4)cc3)C(=O)[C@H]2[C@H]1CO. The van der Waals surface area contributed by atoms with Crippen LogP contribution in [0.25, 0.3) is 6.08 Å². The molecular formula is C34H36N2O6. The van der Waals surface area contributed by atoms with Crippen LogP contribution in [0.1, 0.15) is 31.7 Å². The minimum absolute atomic E-state index is 0.144. The molecule has 4 atom stereocenters. The molecule has 1 fully saturated rings. The van der Waals surface area contributed by atoms with E-state index >= 15 is 0 Å². The molecule has 5 N–H and O–H groups in total. The van der Waals surface area contributed by atoms with Crippen molar-refractivity contribution in [2.24, 2.45) is 17.8 Å². The molecular weight excluding hydrogens is 532 g/mol. The van der Waals surface area contributed by atoms with Crippen molar-refractivity contribution in [3.63, 3.8) is 0 Å². The first kappa shape index (κ1) is 29.3. The van der Waals surface area contributed by atoms with E-state index in [-0.39, 0.29) is 24.7 Å². The van der Waals surface area contributed by atoms with Gasteiger partial charge in [0.1, 0.15) is 5.75 Å². The second-order valence-corrected chi connectivity index (χ2v) is 11.0. The van der Waals surface area contributed by atoms with Crippen molar-refractivity contribution in [1.82, 2.24) is 0 Å². The van der Waals surface area contributed by atoms with Gasteiger partial charge in [-0.25, -0.2) is 0 Å². The smallest absolute Gasteiger partial charge is 0.238 e. The van der Waals surface area contributed by atoms with E-state index in [0.717, 1.165) is 16.9 Å². The van der Waals surface area contributed by atoms with Crippen LogP contribution in [0.15, 0.2) is 95.6 Å². The molecule has 8 heteroatoms. The molecule has 3 aromatic carbocycles. The number of nitrogens with one attached hydrogen (secondary N) is 1. The van der Waals surface area contributed by atoms with E-state index in [0.29, 0.717) is 35.2 Å². The van der Waals surface area contributed by atoms with E-state index < -0.39 is 36.4 Å². The molecule has 5 rings (SSSR count). The van der Waals surface area contributed by atoms with Crippen molar-refractivity contribution in [3.05, 3.63) is 101 Å². The van der Waals surface area contributed by atoms with Crippen LogP contribution < -0.4 is 10.2 Å². The number of hydrogen-bond donors (Lipinski definition) is 5. The molecule has 0 unspecified atom stereocenters. The van der Waals surface area contributed by atoms with Crippen LogP contribution in [0.2, 0.25) is 0 Å². The highest BCUT2D eigenvalue weighted by Gasteiger charge is 2.55. The summed E-state index contributed by atoms with van der Waals surface area (Å²) in [6.07, 6.45) is 1.77. The van der Waals surface area contributed by atoms with Crippen molar-refractivity contribution >= 4 is 35.0 Å². The average molecular weight is 569 g/mol. The van der Waals surface area contributed by atoms with Crippen LogP contribution in [-0.2, 0) is 9.59 Å². The number of fused-ring (bicyclic) bond motifs is 1. The molecule has 0 spiro atoms. The van der Waals surface area contributed by atoms with Crippen LogP contribution >= 0.6 is 0 Å². The van der Waals surface area contributed by atoms with Gasteiger partial charge in [-0.2, -0.15) is 0 Å². The zero-order valence-electron chi connectivity index (χ0n) is 23.5. The summed E-state index contributed by atoms with van der Waals surface area (Å²) in [5.74, 6) is -2.96. The summed E-state index contributed by atoms with van der Waals surface area (Å²) in [5.41, 5.74) is 4.70. The lowest BCUT2D eigenvalue weighted by atomic mass is 9.68. The van der Waals surface area contributed by atoms with Gasteiger partial charge in [0.25, 0.3) is 0 Å². The average Bonchev–Trinajstić information content (AvgIpc) is 3.25. The third kappa shape index (κ3) is 5.87. The Morgan fingerprint density at radius 3 is 2.29 bits per heavy atom. The number of aliphatic hydroxyl groups excluding tert-OH is 3. The molecule has 218 valence electrons. The minimum atomic E-state index is -1.02. The first-order chi connectivity index (χ1) is 20.3. The number of imide groups is 1. The second-order valence-electron chi connectivity index (χ2n) is 11.0. The maximum Gasteiger partial charge on any atom is 0.238 e. The lowest BCUT2D eigenvalue weighted by molar-refractivity contribution is -0.123. The monoisotopic (exact) mass is 568 g/mol. The van der Waals surface area contributed by atoms with Crippen molar-refractivity contribution in [2.45, 2.75) is 32.3 Å². The lowest BCUT2D eigenvalue weighted by Crippen LogP contribution is -2.39. The minimum Gasteiger partial charge on any atom is -0.507 e. The van der Waals surface area contributed by atoms with Crippen molar-refractivity contribution < 1.29 is 30.0 Å². The number of carbonyl (C=O) groups is 2. The molecule has 0 radical (unpaired) electrons. The van der Waals surface area contributed by atoms with Gasteiger partial charge in [-0.15, -0.1) is 0 Å². The van der Waals surface area contributed by atoms with E-state index in [9.17, 15) is 30.0 Å². The molecule has 1 aliphatic carbocycles. The molecule has 0 saturated carbocycles. The normalized spacial score (nSPS) is 21.5. The van der Waals surface area contributed by atoms with Crippen LogP contribution in [0.3, 0.4) is 0 Å². The number of benzene rings is 3. The number of phenols is 1. The number of rotatable bonds is 10. The molecule has 3 aromatic rings. The summed E-state index contributed by atoms with van der Waals surface area (Å²) in [4.78, 5) is 28.5. The largest absolute Gasteiger partial charge is 0.507 e. The van der Waals surface area contributed by atoms with Gasteiger partial charge >= 0.3 is 0 Å². The Morgan fingerprint density at radius 2 is 1.62 bits per heavy atom. The third-order valence-corrected chi connectivity index (χ3v) is 8.27. The number of hydrogen-bond acceptors (Lipinski definition) is 7. The molecule has 0 bridgehead atoms. The summed E-state index contributed by atoms with van der Waals surface area (Å²) in [6.45, 7) is 1.09. The molecule has 8 nitrogen and oxygen atoms in total. The van der Waals surface area contributed by atoms with Gasteiger partial charge in [0.05, 0.1) is 36.8 Å². The summed E-state index contributed by atoms with van der Waals surface area (Å²) < 4.78 is 0.